The highest BCUT2D eigenvalue weighted by Gasteiger charge is 2.25. The Bertz CT molecular complexity index is 594. The van der Waals surface area contributed by atoms with Crippen molar-refractivity contribution < 1.29 is 9.21 Å². The fraction of sp³-hybridized carbons (Fsp3) is 0.700. The molecule has 2 N–H and O–H groups in total. The van der Waals surface area contributed by atoms with E-state index in [1.165, 1.54) is 12.8 Å². The van der Waals surface area contributed by atoms with Gasteiger partial charge in [-0.2, -0.15) is 0 Å². The first-order valence-electron chi connectivity index (χ1n) is 9.86. The Labute approximate surface area is 157 Å². The van der Waals surface area contributed by atoms with E-state index in [0.717, 1.165) is 49.4 Å². The molecule has 6 nitrogen and oxygen atoms in total. The van der Waals surface area contributed by atoms with Crippen LogP contribution in [0.5, 0.6) is 0 Å². The van der Waals surface area contributed by atoms with Crippen molar-refractivity contribution in [1.29, 1.82) is 0 Å². The van der Waals surface area contributed by atoms with Crippen LogP contribution in [0.4, 0.5) is 0 Å². The Hall–Kier alpha value is -1.98. The third-order valence-corrected chi connectivity index (χ3v) is 4.68. The van der Waals surface area contributed by atoms with Gasteiger partial charge in [0, 0.05) is 38.3 Å². The Morgan fingerprint density at radius 2 is 2.23 bits per heavy atom. The minimum atomic E-state index is -0.153. The number of rotatable bonds is 8. The average molecular weight is 363 g/mol. The summed E-state index contributed by atoms with van der Waals surface area (Å²) >= 11 is 0. The maximum absolute atomic E-state index is 12.0. The molecule has 1 amide bonds. The number of likely N-dealkylation sites (tertiary alicyclic amines) is 1. The first-order chi connectivity index (χ1) is 12.5. The molecular formula is C20H34N4O2. The van der Waals surface area contributed by atoms with E-state index in [2.05, 4.69) is 36.3 Å². The number of aliphatic imine (C=N–C) groups is 1. The Morgan fingerprint density at radius 3 is 2.88 bits per heavy atom. The predicted octanol–water partition coefficient (Wildman–Crippen LogP) is 3.04. The van der Waals surface area contributed by atoms with Crippen LogP contribution >= 0.6 is 0 Å². The lowest BCUT2D eigenvalue weighted by atomic mass is 9.97. The van der Waals surface area contributed by atoms with E-state index in [1.54, 1.807) is 12.3 Å². The van der Waals surface area contributed by atoms with Crippen LogP contribution in [0.3, 0.4) is 0 Å². The SMILES string of the molecule is CCNC(=NCCCNC(=O)c1occc1C)N1CCC(CC(C)C)C1. The number of guanidine groups is 1. The molecule has 0 aliphatic carbocycles. The van der Waals surface area contributed by atoms with E-state index in [-0.39, 0.29) is 5.91 Å². The highest BCUT2D eigenvalue weighted by molar-refractivity contribution is 5.92. The molecule has 1 atom stereocenters. The molecule has 0 bridgehead atoms. The highest BCUT2D eigenvalue weighted by atomic mass is 16.3. The first-order valence-corrected chi connectivity index (χ1v) is 9.86. The molecule has 146 valence electrons. The van der Waals surface area contributed by atoms with Gasteiger partial charge in [0.25, 0.3) is 5.91 Å². The van der Waals surface area contributed by atoms with Crippen LogP contribution in [0.15, 0.2) is 21.7 Å². The average Bonchev–Trinajstić information content (AvgIpc) is 3.22. The molecule has 1 aliphatic heterocycles. The normalized spacial score (nSPS) is 17.8. The zero-order valence-electron chi connectivity index (χ0n) is 16.7. The second-order valence-electron chi connectivity index (χ2n) is 7.51. The van der Waals surface area contributed by atoms with Crippen LogP contribution in [0, 0.1) is 18.8 Å². The molecule has 1 aromatic heterocycles. The summed E-state index contributed by atoms with van der Waals surface area (Å²) in [5.74, 6) is 2.78. The summed E-state index contributed by atoms with van der Waals surface area (Å²) in [4.78, 5) is 19.1. The van der Waals surface area contributed by atoms with Crippen molar-refractivity contribution in [2.75, 3.05) is 32.7 Å². The molecule has 1 aliphatic rings. The number of carbonyl (C=O) groups is 1. The van der Waals surface area contributed by atoms with E-state index in [4.69, 9.17) is 9.41 Å². The summed E-state index contributed by atoms with van der Waals surface area (Å²) < 4.78 is 5.20. The molecule has 0 radical (unpaired) electrons. The first kappa shape index (κ1) is 20.3. The highest BCUT2D eigenvalue weighted by Crippen LogP contribution is 2.23. The molecule has 1 fully saturated rings. The summed E-state index contributed by atoms with van der Waals surface area (Å²) in [6.07, 6.45) is 4.89. The van der Waals surface area contributed by atoms with Gasteiger partial charge >= 0.3 is 0 Å². The fourth-order valence-electron chi connectivity index (χ4n) is 3.46. The van der Waals surface area contributed by atoms with Gasteiger partial charge in [0.15, 0.2) is 11.7 Å². The number of amides is 1. The minimum Gasteiger partial charge on any atom is -0.459 e. The minimum absolute atomic E-state index is 0.153. The van der Waals surface area contributed by atoms with Crippen molar-refractivity contribution in [2.24, 2.45) is 16.8 Å². The van der Waals surface area contributed by atoms with E-state index in [0.29, 0.717) is 18.8 Å². The van der Waals surface area contributed by atoms with Crippen molar-refractivity contribution in [3.8, 4) is 0 Å². The largest absolute Gasteiger partial charge is 0.459 e. The Morgan fingerprint density at radius 1 is 1.42 bits per heavy atom. The van der Waals surface area contributed by atoms with Gasteiger partial charge in [-0.3, -0.25) is 9.79 Å². The summed E-state index contributed by atoms with van der Waals surface area (Å²) in [7, 11) is 0. The van der Waals surface area contributed by atoms with Crippen LogP contribution in [-0.4, -0.2) is 49.5 Å². The smallest absolute Gasteiger partial charge is 0.287 e. The van der Waals surface area contributed by atoms with E-state index < -0.39 is 0 Å². The molecule has 0 saturated carbocycles. The Kier molecular flexibility index (Phi) is 8.01. The van der Waals surface area contributed by atoms with Gasteiger partial charge in [-0.1, -0.05) is 13.8 Å². The zero-order chi connectivity index (χ0) is 18.9. The van der Waals surface area contributed by atoms with Gasteiger partial charge in [-0.15, -0.1) is 0 Å². The molecular weight excluding hydrogens is 328 g/mol. The zero-order valence-corrected chi connectivity index (χ0v) is 16.7. The van der Waals surface area contributed by atoms with Crippen LogP contribution in [0.25, 0.3) is 0 Å². The second-order valence-corrected chi connectivity index (χ2v) is 7.51. The maximum Gasteiger partial charge on any atom is 0.287 e. The summed E-state index contributed by atoms with van der Waals surface area (Å²) in [6, 6.07) is 1.80. The number of nitrogens with one attached hydrogen (secondary N) is 2. The number of carbonyl (C=O) groups excluding carboxylic acids is 1. The number of hydrogen-bond acceptors (Lipinski definition) is 3. The predicted molar refractivity (Wildman–Crippen MR) is 106 cm³/mol. The van der Waals surface area contributed by atoms with Crippen LogP contribution in [0.1, 0.15) is 56.2 Å². The van der Waals surface area contributed by atoms with Gasteiger partial charge in [0.1, 0.15) is 0 Å². The van der Waals surface area contributed by atoms with Crippen LogP contribution in [-0.2, 0) is 0 Å². The quantitative estimate of drug-likeness (QED) is 0.424. The van der Waals surface area contributed by atoms with Crippen molar-refractivity contribution >= 4 is 11.9 Å². The molecule has 26 heavy (non-hydrogen) atoms. The number of hydrogen-bond donors (Lipinski definition) is 2. The van der Waals surface area contributed by atoms with Crippen LogP contribution < -0.4 is 10.6 Å². The maximum atomic E-state index is 12.0. The van der Waals surface area contributed by atoms with Crippen molar-refractivity contribution in [3.05, 3.63) is 23.7 Å². The summed E-state index contributed by atoms with van der Waals surface area (Å²) in [5.41, 5.74) is 0.861. The molecule has 1 unspecified atom stereocenters. The van der Waals surface area contributed by atoms with Gasteiger partial charge in [0.2, 0.25) is 0 Å². The molecule has 1 saturated heterocycles. The van der Waals surface area contributed by atoms with Crippen molar-refractivity contribution in [2.45, 2.75) is 47.0 Å². The third-order valence-electron chi connectivity index (χ3n) is 4.68. The number of nitrogens with zero attached hydrogens (tertiary/aromatic N) is 2. The third kappa shape index (κ3) is 6.07. The molecule has 1 aromatic rings. The van der Waals surface area contributed by atoms with Crippen LogP contribution in [0.2, 0.25) is 0 Å². The molecule has 0 aromatic carbocycles. The van der Waals surface area contributed by atoms with Gasteiger partial charge in [0.05, 0.1) is 6.26 Å². The molecule has 2 rings (SSSR count). The molecule has 2 heterocycles. The lowest BCUT2D eigenvalue weighted by Crippen LogP contribution is -2.40. The van der Waals surface area contributed by atoms with E-state index in [9.17, 15) is 4.79 Å². The van der Waals surface area contributed by atoms with Crippen molar-refractivity contribution in [3.63, 3.8) is 0 Å². The number of furan rings is 1. The van der Waals surface area contributed by atoms with Gasteiger partial charge in [-0.25, -0.2) is 0 Å². The van der Waals surface area contributed by atoms with Gasteiger partial charge in [-0.05, 0) is 51.0 Å². The molecule has 0 spiro atoms. The summed E-state index contributed by atoms with van der Waals surface area (Å²) in [5, 5.41) is 6.30. The topological polar surface area (TPSA) is 69.9 Å². The standard InChI is InChI=1S/C20H34N4O2/c1-5-21-20(24-11-7-17(14-24)13-15(2)3)23-10-6-9-22-19(25)18-16(4)8-12-26-18/h8,12,15,17H,5-7,9-11,13-14H2,1-4H3,(H,21,23)(H,22,25). The fourth-order valence-corrected chi connectivity index (χ4v) is 3.46. The second kappa shape index (κ2) is 10.2. The Balaban J connectivity index is 1.75. The summed E-state index contributed by atoms with van der Waals surface area (Å²) in [6.45, 7) is 12.9. The number of aryl methyl sites for hydroxylation is 1. The lowest BCUT2D eigenvalue weighted by Gasteiger charge is -2.22. The van der Waals surface area contributed by atoms with Gasteiger partial charge < -0.3 is 20.0 Å². The molecule has 6 heteroatoms. The van der Waals surface area contributed by atoms with E-state index >= 15 is 0 Å². The van der Waals surface area contributed by atoms with E-state index in [1.807, 2.05) is 6.92 Å². The van der Waals surface area contributed by atoms with Crippen molar-refractivity contribution in [1.82, 2.24) is 15.5 Å². The monoisotopic (exact) mass is 362 g/mol. The lowest BCUT2D eigenvalue weighted by molar-refractivity contribution is 0.0925.